The second-order valence-corrected chi connectivity index (χ2v) is 5.74. The topological polar surface area (TPSA) is 98.1 Å². The van der Waals surface area contributed by atoms with E-state index < -0.39 is 18.0 Å². The molecule has 6 nitrogen and oxygen atoms in total. The number of carbonyl (C=O) groups excluding carboxylic acids is 1. The molecule has 3 N–H and O–H groups in total. The fourth-order valence-electron chi connectivity index (χ4n) is 3.38. The normalized spacial score (nSPS) is 25.0. The molecule has 2 heterocycles. The van der Waals surface area contributed by atoms with Gasteiger partial charge in [0.15, 0.2) is 0 Å². The van der Waals surface area contributed by atoms with Crippen molar-refractivity contribution in [2.45, 2.75) is 32.1 Å². The van der Waals surface area contributed by atoms with Crippen LogP contribution in [0.25, 0.3) is 5.57 Å². The Morgan fingerprint density at radius 3 is 2.77 bits per heavy atom. The van der Waals surface area contributed by atoms with Crippen molar-refractivity contribution in [3.8, 4) is 0 Å². The van der Waals surface area contributed by atoms with E-state index in [2.05, 4.69) is 0 Å². The number of aliphatic carboxylic acids is 1. The fourth-order valence-corrected chi connectivity index (χ4v) is 3.38. The number of carboxylic acids is 1. The number of aliphatic hydroxyl groups is 2. The van der Waals surface area contributed by atoms with Gasteiger partial charge in [0.25, 0.3) is 0 Å². The number of carboxylic acid groups (broad SMARTS) is 1. The third-order valence-electron chi connectivity index (χ3n) is 4.39. The van der Waals surface area contributed by atoms with Crippen molar-refractivity contribution < 1.29 is 24.9 Å². The van der Waals surface area contributed by atoms with E-state index >= 15 is 0 Å². The fraction of sp³-hybridized carbons (Fsp3) is 0.375. The highest BCUT2D eigenvalue weighted by Gasteiger charge is 2.56. The molecule has 0 radical (unpaired) electrons. The largest absolute Gasteiger partial charge is 0.477 e. The van der Waals surface area contributed by atoms with Crippen LogP contribution >= 0.6 is 0 Å². The van der Waals surface area contributed by atoms with Crippen molar-refractivity contribution >= 4 is 17.4 Å². The molecule has 1 saturated heterocycles. The monoisotopic (exact) mass is 303 g/mol. The Morgan fingerprint density at radius 2 is 2.18 bits per heavy atom. The van der Waals surface area contributed by atoms with E-state index in [0.29, 0.717) is 23.1 Å². The number of carbonyl (C=O) groups is 2. The molecule has 2 aliphatic rings. The zero-order chi connectivity index (χ0) is 16.0. The lowest BCUT2D eigenvalue weighted by Gasteiger charge is -2.44. The number of nitrogens with zero attached hydrogens (tertiary/aromatic N) is 1. The highest BCUT2D eigenvalue weighted by molar-refractivity contribution is 6.06. The Kier molecular flexibility index (Phi) is 3.50. The highest BCUT2D eigenvalue weighted by atomic mass is 16.4. The zero-order valence-electron chi connectivity index (χ0n) is 12.1. The molecule has 0 bridgehead atoms. The molecular formula is C16H17NO5. The van der Waals surface area contributed by atoms with Gasteiger partial charge in [-0.1, -0.05) is 18.2 Å². The molecule has 0 aromatic heterocycles. The summed E-state index contributed by atoms with van der Waals surface area (Å²) < 4.78 is 0. The Morgan fingerprint density at radius 1 is 1.45 bits per heavy atom. The first-order chi connectivity index (χ1) is 10.5. The van der Waals surface area contributed by atoms with Gasteiger partial charge >= 0.3 is 5.97 Å². The van der Waals surface area contributed by atoms with Crippen LogP contribution in [0.15, 0.2) is 30.0 Å². The molecule has 2 aliphatic heterocycles. The number of fused-ring (bicyclic) bond motifs is 1. The third kappa shape index (κ3) is 2.03. The van der Waals surface area contributed by atoms with Gasteiger partial charge in [-0.2, -0.15) is 0 Å². The van der Waals surface area contributed by atoms with Gasteiger partial charge in [0.1, 0.15) is 5.70 Å². The van der Waals surface area contributed by atoms with Crippen LogP contribution in [0.2, 0.25) is 0 Å². The van der Waals surface area contributed by atoms with Crippen LogP contribution in [0.1, 0.15) is 24.5 Å². The van der Waals surface area contributed by atoms with E-state index in [0.717, 1.165) is 0 Å². The molecule has 0 unspecified atom stereocenters. The molecule has 1 fully saturated rings. The van der Waals surface area contributed by atoms with Gasteiger partial charge in [0.2, 0.25) is 5.91 Å². The van der Waals surface area contributed by atoms with Crippen LogP contribution in [-0.2, 0) is 16.2 Å². The van der Waals surface area contributed by atoms with E-state index in [1.807, 2.05) is 0 Å². The number of benzene rings is 1. The minimum Gasteiger partial charge on any atom is -0.477 e. The van der Waals surface area contributed by atoms with Crippen molar-refractivity contribution in [2.75, 3.05) is 0 Å². The average molecular weight is 303 g/mol. The molecule has 0 spiro atoms. The van der Waals surface area contributed by atoms with Crippen molar-refractivity contribution in [1.29, 1.82) is 0 Å². The first-order valence-corrected chi connectivity index (χ1v) is 7.13. The first kappa shape index (κ1) is 14.7. The van der Waals surface area contributed by atoms with E-state index in [9.17, 15) is 24.9 Å². The second kappa shape index (κ2) is 5.23. The SMILES string of the molecule is C[C@@H](O)[C@H]1C(=O)N2C(C(=O)O)=C(c3cccc(CO)c3)C[C@H]12. The summed E-state index contributed by atoms with van der Waals surface area (Å²) in [6, 6.07) is 6.69. The lowest BCUT2D eigenvalue weighted by molar-refractivity contribution is -0.161. The minimum absolute atomic E-state index is 0.0120. The predicted molar refractivity (Wildman–Crippen MR) is 77.3 cm³/mol. The number of rotatable bonds is 4. The predicted octanol–water partition coefficient (Wildman–Crippen LogP) is 0.586. The third-order valence-corrected chi connectivity index (χ3v) is 4.39. The van der Waals surface area contributed by atoms with Gasteiger partial charge in [0.05, 0.1) is 24.7 Å². The Balaban J connectivity index is 2.03. The Hall–Kier alpha value is -2.18. The molecule has 1 aromatic carbocycles. The minimum atomic E-state index is -1.15. The smallest absolute Gasteiger partial charge is 0.352 e. The number of aliphatic hydroxyl groups excluding tert-OH is 2. The van der Waals surface area contributed by atoms with Gasteiger partial charge in [-0.05, 0) is 36.1 Å². The lowest BCUT2D eigenvalue weighted by Crippen LogP contribution is -2.61. The molecule has 6 heteroatoms. The summed E-state index contributed by atoms with van der Waals surface area (Å²) in [5, 5.41) is 28.4. The summed E-state index contributed by atoms with van der Waals surface area (Å²) in [5.74, 6) is -2.04. The maximum absolute atomic E-state index is 12.1. The second-order valence-electron chi connectivity index (χ2n) is 5.74. The van der Waals surface area contributed by atoms with Crippen LogP contribution in [0, 0.1) is 5.92 Å². The van der Waals surface area contributed by atoms with Crippen molar-refractivity contribution in [3.63, 3.8) is 0 Å². The number of hydrogen-bond donors (Lipinski definition) is 3. The Labute approximate surface area is 127 Å². The quantitative estimate of drug-likeness (QED) is 0.707. The molecule has 0 aliphatic carbocycles. The molecule has 1 amide bonds. The summed E-state index contributed by atoms with van der Waals surface area (Å²) >= 11 is 0. The maximum atomic E-state index is 12.1. The molecule has 116 valence electrons. The van der Waals surface area contributed by atoms with Crippen LogP contribution in [0.5, 0.6) is 0 Å². The van der Waals surface area contributed by atoms with Gasteiger partial charge in [-0.3, -0.25) is 4.79 Å². The molecule has 22 heavy (non-hydrogen) atoms. The average Bonchev–Trinajstić information content (AvgIpc) is 2.82. The highest BCUT2D eigenvalue weighted by Crippen LogP contribution is 2.46. The first-order valence-electron chi connectivity index (χ1n) is 7.13. The number of hydrogen-bond acceptors (Lipinski definition) is 4. The van der Waals surface area contributed by atoms with E-state index in [1.165, 1.54) is 4.90 Å². The van der Waals surface area contributed by atoms with E-state index in [4.69, 9.17) is 0 Å². The lowest BCUT2D eigenvalue weighted by atomic mass is 9.82. The van der Waals surface area contributed by atoms with Gasteiger partial charge < -0.3 is 20.2 Å². The van der Waals surface area contributed by atoms with Crippen molar-refractivity contribution in [1.82, 2.24) is 4.90 Å². The van der Waals surface area contributed by atoms with Crippen LogP contribution < -0.4 is 0 Å². The van der Waals surface area contributed by atoms with E-state index in [1.54, 1.807) is 31.2 Å². The standard InChI is InChI=1S/C16H17NO5/c1-8(19)13-12-6-11(10-4-2-3-9(5-10)7-18)14(16(21)22)17(12)15(13)20/h2-5,8,12-13,18-19H,6-7H2,1H3,(H,21,22)/t8-,12-,13-/m1/s1. The molecule has 3 rings (SSSR count). The van der Waals surface area contributed by atoms with Crippen LogP contribution in [0.4, 0.5) is 0 Å². The summed E-state index contributed by atoms with van der Waals surface area (Å²) in [7, 11) is 0. The summed E-state index contributed by atoms with van der Waals surface area (Å²) in [6.45, 7) is 1.41. The summed E-state index contributed by atoms with van der Waals surface area (Å²) in [5.41, 5.74) is 1.93. The van der Waals surface area contributed by atoms with Crippen molar-refractivity contribution in [2.24, 2.45) is 5.92 Å². The molecular weight excluding hydrogens is 286 g/mol. The molecule has 0 saturated carbocycles. The zero-order valence-corrected chi connectivity index (χ0v) is 12.1. The Bertz CT molecular complexity index is 679. The number of β-lactam (4-membered cyclic amide) rings is 1. The maximum Gasteiger partial charge on any atom is 0.352 e. The summed E-state index contributed by atoms with van der Waals surface area (Å²) in [4.78, 5) is 25.0. The van der Waals surface area contributed by atoms with E-state index in [-0.39, 0.29) is 24.3 Å². The van der Waals surface area contributed by atoms with Gasteiger partial charge in [-0.25, -0.2) is 4.79 Å². The molecule has 3 atom stereocenters. The van der Waals surface area contributed by atoms with Gasteiger partial charge in [-0.15, -0.1) is 0 Å². The molecule has 1 aromatic rings. The van der Waals surface area contributed by atoms with Crippen LogP contribution in [0.3, 0.4) is 0 Å². The number of amides is 1. The van der Waals surface area contributed by atoms with Crippen LogP contribution in [-0.4, -0.2) is 44.2 Å². The van der Waals surface area contributed by atoms with Gasteiger partial charge in [0, 0.05) is 0 Å². The summed E-state index contributed by atoms with van der Waals surface area (Å²) in [6.07, 6.45) is -0.399. The van der Waals surface area contributed by atoms with Crippen molar-refractivity contribution in [3.05, 3.63) is 41.1 Å².